The third kappa shape index (κ3) is 1.82. The van der Waals surface area contributed by atoms with Crippen molar-refractivity contribution in [1.29, 1.82) is 0 Å². The second-order valence-electron chi connectivity index (χ2n) is 5.82. The molecule has 1 aliphatic carbocycles. The molecule has 0 aromatic heterocycles. The molecule has 0 fully saturated rings. The van der Waals surface area contributed by atoms with Gasteiger partial charge in [0.1, 0.15) is 0 Å². The second-order valence-corrected chi connectivity index (χ2v) is 5.82. The van der Waals surface area contributed by atoms with Crippen LogP contribution >= 0.6 is 0 Å². The molecule has 17 heavy (non-hydrogen) atoms. The molecule has 0 saturated heterocycles. The van der Waals surface area contributed by atoms with Gasteiger partial charge in [-0.05, 0) is 35.8 Å². The summed E-state index contributed by atoms with van der Waals surface area (Å²) in [5.41, 5.74) is 3.71. The Kier molecular flexibility index (Phi) is 3.61. The van der Waals surface area contributed by atoms with E-state index in [0.717, 1.165) is 11.8 Å². The first-order chi connectivity index (χ1) is 8.16. The van der Waals surface area contributed by atoms with E-state index in [-0.39, 0.29) is 0 Å². The molecule has 0 heteroatoms. The summed E-state index contributed by atoms with van der Waals surface area (Å²) >= 11 is 0. The van der Waals surface area contributed by atoms with Crippen LogP contribution in [0.3, 0.4) is 0 Å². The Morgan fingerprint density at radius 3 is 2.24 bits per heavy atom. The average molecular weight is 230 g/mol. The third-order valence-electron chi connectivity index (χ3n) is 5.31. The molecule has 0 nitrogen and oxygen atoms in total. The van der Waals surface area contributed by atoms with Gasteiger partial charge in [-0.15, -0.1) is 0 Å². The highest BCUT2D eigenvalue weighted by Gasteiger charge is 2.45. The molecule has 0 aliphatic heterocycles. The summed E-state index contributed by atoms with van der Waals surface area (Å²) in [5.74, 6) is 1.59. The minimum Gasteiger partial charge on any atom is -0.0651 e. The van der Waals surface area contributed by atoms with Crippen molar-refractivity contribution in [3.8, 4) is 0 Å². The zero-order valence-electron chi connectivity index (χ0n) is 11.8. The number of hydrogen-bond acceptors (Lipinski definition) is 0. The molecule has 0 heterocycles. The van der Waals surface area contributed by atoms with E-state index in [1.807, 2.05) is 0 Å². The second kappa shape index (κ2) is 4.84. The van der Waals surface area contributed by atoms with Gasteiger partial charge in [0.25, 0.3) is 0 Å². The molecular formula is C17H26. The van der Waals surface area contributed by atoms with Gasteiger partial charge < -0.3 is 0 Å². The molecule has 1 aromatic rings. The van der Waals surface area contributed by atoms with Crippen molar-refractivity contribution in [3.05, 3.63) is 35.4 Å². The fraction of sp³-hybridized carbons (Fsp3) is 0.647. The summed E-state index contributed by atoms with van der Waals surface area (Å²) < 4.78 is 0. The van der Waals surface area contributed by atoms with E-state index >= 15 is 0 Å². The normalized spacial score (nSPS) is 26.6. The van der Waals surface area contributed by atoms with Crippen LogP contribution in [0.2, 0.25) is 0 Å². The number of fused-ring (bicyclic) bond motifs is 1. The van der Waals surface area contributed by atoms with Gasteiger partial charge in [-0.2, -0.15) is 0 Å². The predicted molar refractivity (Wildman–Crippen MR) is 75.4 cm³/mol. The Hall–Kier alpha value is -0.780. The molecule has 0 saturated carbocycles. The Labute approximate surface area is 106 Å². The van der Waals surface area contributed by atoms with Gasteiger partial charge in [-0.1, -0.05) is 64.8 Å². The van der Waals surface area contributed by atoms with Crippen LogP contribution in [0, 0.1) is 11.8 Å². The van der Waals surface area contributed by atoms with Gasteiger partial charge in [-0.3, -0.25) is 0 Å². The van der Waals surface area contributed by atoms with Crippen LogP contribution in [0.4, 0.5) is 0 Å². The fourth-order valence-electron chi connectivity index (χ4n) is 3.91. The lowest BCUT2D eigenvalue weighted by Gasteiger charge is -2.41. The van der Waals surface area contributed by atoms with Crippen LogP contribution in [0.25, 0.3) is 0 Å². The number of aryl methyl sites for hydroxylation is 1. The Morgan fingerprint density at radius 2 is 1.65 bits per heavy atom. The maximum absolute atomic E-state index is 2.45. The summed E-state index contributed by atoms with van der Waals surface area (Å²) in [6.45, 7) is 9.59. The van der Waals surface area contributed by atoms with Crippen molar-refractivity contribution in [2.45, 2.75) is 58.8 Å². The maximum atomic E-state index is 2.45. The minimum atomic E-state index is 0.445. The highest BCUT2D eigenvalue weighted by Crippen LogP contribution is 2.51. The van der Waals surface area contributed by atoms with E-state index in [9.17, 15) is 0 Å². The van der Waals surface area contributed by atoms with Gasteiger partial charge in [0.2, 0.25) is 0 Å². The molecule has 94 valence electrons. The lowest BCUT2D eigenvalue weighted by Crippen LogP contribution is -2.37. The summed E-state index contributed by atoms with van der Waals surface area (Å²) in [5, 5.41) is 0. The molecular weight excluding hydrogens is 204 g/mol. The molecule has 2 unspecified atom stereocenters. The molecule has 2 rings (SSSR count). The van der Waals surface area contributed by atoms with Crippen LogP contribution in [0.15, 0.2) is 24.3 Å². The first kappa shape index (κ1) is 12.7. The number of benzene rings is 1. The minimum absolute atomic E-state index is 0.445. The van der Waals surface area contributed by atoms with E-state index in [1.165, 1.54) is 25.7 Å². The van der Waals surface area contributed by atoms with E-state index in [1.54, 1.807) is 11.1 Å². The third-order valence-corrected chi connectivity index (χ3v) is 5.31. The molecule has 2 atom stereocenters. The van der Waals surface area contributed by atoms with Gasteiger partial charge >= 0.3 is 0 Å². The Morgan fingerprint density at radius 1 is 1.06 bits per heavy atom. The highest BCUT2D eigenvalue weighted by molar-refractivity contribution is 5.40. The molecule has 0 N–H and O–H groups in total. The van der Waals surface area contributed by atoms with Crippen LogP contribution in [0.1, 0.15) is 58.1 Å². The first-order valence-electron chi connectivity index (χ1n) is 7.25. The van der Waals surface area contributed by atoms with E-state index in [0.29, 0.717) is 5.41 Å². The van der Waals surface area contributed by atoms with Crippen molar-refractivity contribution >= 4 is 0 Å². The quantitative estimate of drug-likeness (QED) is 0.685. The zero-order chi connectivity index (χ0) is 12.5. The first-order valence-corrected chi connectivity index (χ1v) is 7.25. The molecule has 0 spiro atoms. The van der Waals surface area contributed by atoms with Gasteiger partial charge in [-0.25, -0.2) is 0 Å². The largest absolute Gasteiger partial charge is 0.0651 e. The van der Waals surface area contributed by atoms with Crippen molar-refractivity contribution in [3.63, 3.8) is 0 Å². The Bertz CT molecular complexity index is 367. The number of rotatable bonds is 4. The average Bonchev–Trinajstić information content (AvgIpc) is 2.77. The molecule has 0 amide bonds. The topological polar surface area (TPSA) is 0 Å². The zero-order valence-corrected chi connectivity index (χ0v) is 11.8. The van der Waals surface area contributed by atoms with Crippen molar-refractivity contribution in [2.24, 2.45) is 11.8 Å². The van der Waals surface area contributed by atoms with Gasteiger partial charge in [0, 0.05) is 5.41 Å². The predicted octanol–water partition coefficient (Wildman–Crippen LogP) is 4.96. The van der Waals surface area contributed by atoms with Gasteiger partial charge in [0.15, 0.2) is 0 Å². The van der Waals surface area contributed by atoms with Crippen molar-refractivity contribution in [2.75, 3.05) is 0 Å². The van der Waals surface area contributed by atoms with Crippen molar-refractivity contribution < 1.29 is 0 Å². The van der Waals surface area contributed by atoms with Crippen molar-refractivity contribution in [1.82, 2.24) is 0 Å². The molecule has 1 aromatic carbocycles. The molecule has 1 aliphatic rings. The highest BCUT2D eigenvalue weighted by atomic mass is 14.5. The lowest BCUT2D eigenvalue weighted by atomic mass is 9.62. The van der Waals surface area contributed by atoms with Crippen LogP contribution in [-0.4, -0.2) is 0 Å². The molecule has 0 bridgehead atoms. The lowest BCUT2D eigenvalue weighted by molar-refractivity contribution is 0.181. The SMILES string of the molecule is CCC(C)C1(C(C)CC)CCc2ccccc21. The Balaban J connectivity index is 2.50. The van der Waals surface area contributed by atoms with E-state index < -0.39 is 0 Å². The van der Waals surface area contributed by atoms with E-state index in [4.69, 9.17) is 0 Å². The number of hydrogen-bond donors (Lipinski definition) is 0. The van der Waals surface area contributed by atoms with Crippen LogP contribution in [-0.2, 0) is 11.8 Å². The maximum Gasteiger partial charge on any atom is 0.000987 e. The molecule has 0 radical (unpaired) electrons. The standard InChI is InChI=1S/C17H26/c1-5-13(3)17(14(4)6-2)12-11-15-9-7-8-10-16(15)17/h7-10,13-14H,5-6,11-12H2,1-4H3. The van der Waals surface area contributed by atoms with E-state index in [2.05, 4.69) is 52.0 Å². The smallest absolute Gasteiger partial charge is 0.000987 e. The van der Waals surface area contributed by atoms with Crippen LogP contribution < -0.4 is 0 Å². The monoisotopic (exact) mass is 230 g/mol. The van der Waals surface area contributed by atoms with Crippen LogP contribution in [0.5, 0.6) is 0 Å². The summed E-state index contributed by atoms with van der Waals surface area (Å²) in [4.78, 5) is 0. The summed E-state index contributed by atoms with van der Waals surface area (Å²) in [6, 6.07) is 9.15. The summed E-state index contributed by atoms with van der Waals surface area (Å²) in [7, 11) is 0. The van der Waals surface area contributed by atoms with Gasteiger partial charge in [0.05, 0.1) is 0 Å². The summed E-state index contributed by atoms with van der Waals surface area (Å²) in [6.07, 6.45) is 5.22. The fourth-order valence-corrected chi connectivity index (χ4v) is 3.91.